The van der Waals surface area contributed by atoms with Gasteiger partial charge in [0.2, 0.25) is 0 Å². The van der Waals surface area contributed by atoms with Crippen LogP contribution < -0.4 is 5.56 Å². The SMILES string of the molecule is Cc1cc(C)cc(-n2ncc3c(=O)n(C[C@@H](O)c4ccc(Cl)cc4)cnc32)c1. The van der Waals surface area contributed by atoms with Crippen LogP contribution in [-0.2, 0) is 6.54 Å². The summed E-state index contributed by atoms with van der Waals surface area (Å²) in [5.41, 5.74) is 4.01. The summed E-state index contributed by atoms with van der Waals surface area (Å²) in [7, 11) is 0. The third kappa shape index (κ3) is 3.44. The molecule has 4 rings (SSSR count). The van der Waals surface area contributed by atoms with Crippen LogP contribution in [-0.4, -0.2) is 24.4 Å². The van der Waals surface area contributed by atoms with Gasteiger partial charge < -0.3 is 5.11 Å². The van der Waals surface area contributed by atoms with Gasteiger partial charge in [-0.25, -0.2) is 9.67 Å². The predicted octanol–water partition coefficient (Wildman–Crippen LogP) is 3.59. The van der Waals surface area contributed by atoms with Crippen LogP contribution in [0.15, 0.2) is 59.8 Å². The molecule has 142 valence electrons. The minimum absolute atomic E-state index is 0.0954. The number of benzene rings is 2. The maximum Gasteiger partial charge on any atom is 0.264 e. The number of aryl methyl sites for hydroxylation is 2. The highest BCUT2D eigenvalue weighted by Gasteiger charge is 2.15. The van der Waals surface area contributed by atoms with Crippen molar-refractivity contribution in [3.05, 3.63) is 87.1 Å². The summed E-state index contributed by atoms with van der Waals surface area (Å²) < 4.78 is 3.06. The highest BCUT2D eigenvalue weighted by molar-refractivity contribution is 6.30. The summed E-state index contributed by atoms with van der Waals surface area (Å²) >= 11 is 5.88. The Hall–Kier alpha value is -2.96. The molecule has 0 saturated heterocycles. The Morgan fingerprint density at radius 2 is 1.79 bits per heavy atom. The molecule has 0 radical (unpaired) electrons. The van der Waals surface area contributed by atoms with E-state index >= 15 is 0 Å². The molecule has 0 fully saturated rings. The predicted molar refractivity (Wildman–Crippen MR) is 109 cm³/mol. The van der Waals surface area contributed by atoms with E-state index in [1.54, 1.807) is 28.9 Å². The van der Waals surface area contributed by atoms with E-state index in [0.29, 0.717) is 21.6 Å². The van der Waals surface area contributed by atoms with Crippen molar-refractivity contribution in [1.29, 1.82) is 0 Å². The fraction of sp³-hybridized carbons (Fsp3) is 0.190. The first-order chi connectivity index (χ1) is 13.4. The van der Waals surface area contributed by atoms with Crippen LogP contribution in [0.2, 0.25) is 5.02 Å². The van der Waals surface area contributed by atoms with Gasteiger partial charge in [-0.1, -0.05) is 29.8 Å². The van der Waals surface area contributed by atoms with Crippen LogP contribution in [0.4, 0.5) is 0 Å². The Labute approximate surface area is 166 Å². The summed E-state index contributed by atoms with van der Waals surface area (Å²) in [4.78, 5) is 17.3. The molecule has 0 spiro atoms. The lowest BCUT2D eigenvalue weighted by Gasteiger charge is -2.13. The summed E-state index contributed by atoms with van der Waals surface area (Å²) in [5.74, 6) is 0. The van der Waals surface area contributed by atoms with Crippen molar-refractivity contribution < 1.29 is 5.11 Å². The van der Waals surface area contributed by atoms with Gasteiger partial charge in [0.15, 0.2) is 5.65 Å². The molecule has 0 unspecified atom stereocenters. The van der Waals surface area contributed by atoms with Gasteiger partial charge in [0.05, 0.1) is 24.5 Å². The van der Waals surface area contributed by atoms with Crippen molar-refractivity contribution >= 4 is 22.6 Å². The minimum atomic E-state index is -0.844. The highest BCUT2D eigenvalue weighted by atomic mass is 35.5. The van der Waals surface area contributed by atoms with Crippen LogP contribution in [0.5, 0.6) is 0 Å². The second-order valence-electron chi connectivity index (χ2n) is 6.91. The second-order valence-corrected chi connectivity index (χ2v) is 7.35. The smallest absolute Gasteiger partial charge is 0.264 e. The molecular formula is C21H19ClN4O2. The maximum atomic E-state index is 12.9. The second kappa shape index (κ2) is 7.22. The molecule has 0 aliphatic heterocycles. The number of nitrogens with zero attached hydrogens (tertiary/aromatic N) is 4. The molecule has 4 aromatic rings. The van der Waals surface area contributed by atoms with Gasteiger partial charge in [-0.3, -0.25) is 9.36 Å². The molecule has 2 heterocycles. The summed E-state index contributed by atoms with van der Waals surface area (Å²) in [6, 6.07) is 13.0. The van der Waals surface area contributed by atoms with E-state index in [1.165, 1.54) is 17.1 Å². The van der Waals surface area contributed by atoms with Gasteiger partial charge in [-0.15, -0.1) is 0 Å². The van der Waals surface area contributed by atoms with Gasteiger partial charge in [-0.2, -0.15) is 5.10 Å². The molecule has 28 heavy (non-hydrogen) atoms. The van der Waals surface area contributed by atoms with E-state index in [-0.39, 0.29) is 12.1 Å². The lowest BCUT2D eigenvalue weighted by atomic mass is 10.1. The van der Waals surface area contributed by atoms with E-state index < -0.39 is 6.10 Å². The highest BCUT2D eigenvalue weighted by Crippen LogP contribution is 2.19. The molecule has 0 amide bonds. The number of rotatable bonds is 4. The Kier molecular flexibility index (Phi) is 4.75. The van der Waals surface area contributed by atoms with E-state index in [0.717, 1.165) is 16.8 Å². The molecule has 2 aromatic heterocycles. The van der Waals surface area contributed by atoms with Crippen molar-refractivity contribution in [1.82, 2.24) is 19.3 Å². The molecule has 7 heteroatoms. The van der Waals surface area contributed by atoms with Crippen LogP contribution >= 0.6 is 11.6 Å². The van der Waals surface area contributed by atoms with Gasteiger partial charge >= 0.3 is 0 Å². The quantitative estimate of drug-likeness (QED) is 0.574. The van der Waals surface area contributed by atoms with Crippen molar-refractivity contribution in [2.24, 2.45) is 0 Å². The zero-order chi connectivity index (χ0) is 19.8. The largest absolute Gasteiger partial charge is 0.387 e. The van der Waals surface area contributed by atoms with Crippen molar-refractivity contribution in [2.45, 2.75) is 26.5 Å². The molecule has 6 nitrogen and oxygen atoms in total. The third-order valence-electron chi connectivity index (χ3n) is 4.63. The Morgan fingerprint density at radius 1 is 1.11 bits per heavy atom. The average molecular weight is 395 g/mol. The van der Waals surface area contributed by atoms with E-state index in [1.807, 2.05) is 26.0 Å². The normalized spacial score (nSPS) is 12.4. The molecule has 0 aliphatic rings. The van der Waals surface area contributed by atoms with Crippen LogP contribution in [0.1, 0.15) is 22.8 Å². The number of hydrogen-bond donors (Lipinski definition) is 1. The van der Waals surface area contributed by atoms with Gasteiger partial charge in [0.25, 0.3) is 5.56 Å². The Balaban J connectivity index is 1.70. The van der Waals surface area contributed by atoms with Crippen LogP contribution in [0.3, 0.4) is 0 Å². The van der Waals surface area contributed by atoms with Crippen LogP contribution in [0.25, 0.3) is 16.7 Å². The molecular weight excluding hydrogens is 376 g/mol. The van der Waals surface area contributed by atoms with E-state index in [4.69, 9.17) is 11.6 Å². The fourth-order valence-electron chi connectivity index (χ4n) is 3.32. The number of aromatic nitrogens is 4. The van der Waals surface area contributed by atoms with Gasteiger partial charge in [0.1, 0.15) is 11.7 Å². The number of aliphatic hydroxyl groups excluding tert-OH is 1. The first-order valence-electron chi connectivity index (χ1n) is 8.88. The zero-order valence-electron chi connectivity index (χ0n) is 15.5. The lowest BCUT2D eigenvalue weighted by Crippen LogP contribution is -2.23. The minimum Gasteiger partial charge on any atom is -0.387 e. The molecule has 2 aromatic carbocycles. The number of halogens is 1. The number of hydrogen-bond acceptors (Lipinski definition) is 4. The summed E-state index contributed by atoms with van der Waals surface area (Å²) in [6.45, 7) is 4.12. The Bertz CT molecular complexity index is 1190. The van der Waals surface area contributed by atoms with Crippen molar-refractivity contribution in [2.75, 3.05) is 0 Å². The van der Waals surface area contributed by atoms with Crippen LogP contribution in [0, 0.1) is 13.8 Å². The maximum absolute atomic E-state index is 12.9. The first-order valence-corrected chi connectivity index (χ1v) is 9.25. The monoisotopic (exact) mass is 394 g/mol. The standard InChI is InChI=1S/C21H19ClN4O2/c1-13-7-14(2)9-17(8-13)26-20-18(10-24-26)21(28)25(12-23-20)11-19(27)15-3-5-16(22)6-4-15/h3-10,12,19,27H,11H2,1-2H3/t19-/m1/s1. The lowest BCUT2D eigenvalue weighted by molar-refractivity contribution is 0.155. The molecule has 0 aliphatic carbocycles. The van der Waals surface area contributed by atoms with Crippen molar-refractivity contribution in [3.8, 4) is 5.69 Å². The fourth-order valence-corrected chi connectivity index (χ4v) is 3.44. The summed E-state index contributed by atoms with van der Waals surface area (Å²) in [5, 5.41) is 15.8. The average Bonchev–Trinajstić information content (AvgIpc) is 3.08. The number of fused-ring (bicyclic) bond motifs is 1. The molecule has 1 N–H and O–H groups in total. The first kappa shape index (κ1) is 18.4. The summed E-state index contributed by atoms with van der Waals surface area (Å²) in [6.07, 6.45) is 2.13. The van der Waals surface area contributed by atoms with E-state index in [2.05, 4.69) is 16.1 Å². The molecule has 0 saturated carbocycles. The molecule has 0 bridgehead atoms. The van der Waals surface area contributed by atoms with Gasteiger partial charge in [-0.05, 0) is 54.8 Å². The topological polar surface area (TPSA) is 72.9 Å². The number of aliphatic hydroxyl groups is 1. The molecule has 1 atom stereocenters. The zero-order valence-corrected chi connectivity index (χ0v) is 16.3. The third-order valence-corrected chi connectivity index (χ3v) is 4.88. The van der Waals surface area contributed by atoms with Gasteiger partial charge in [0, 0.05) is 5.02 Å². The Morgan fingerprint density at radius 3 is 2.46 bits per heavy atom. The van der Waals surface area contributed by atoms with Crippen molar-refractivity contribution in [3.63, 3.8) is 0 Å². The van der Waals surface area contributed by atoms with E-state index in [9.17, 15) is 9.90 Å².